The number of nitrogens with zero attached hydrogens (tertiary/aromatic N) is 2. The minimum atomic E-state index is -5.08. The molecule has 1 aromatic rings. The van der Waals surface area contributed by atoms with Crippen molar-refractivity contribution in [3.05, 3.63) is 23.3 Å². The lowest BCUT2D eigenvalue weighted by atomic mass is 9.84. The van der Waals surface area contributed by atoms with Gasteiger partial charge in [-0.05, 0) is 36.9 Å². The topological polar surface area (TPSA) is 110 Å². The third kappa shape index (κ3) is 7.84. The van der Waals surface area contributed by atoms with E-state index in [9.17, 15) is 27.9 Å². The second kappa shape index (κ2) is 11.9. The van der Waals surface area contributed by atoms with Crippen molar-refractivity contribution in [2.24, 2.45) is 0 Å². The molecule has 2 fully saturated rings. The highest BCUT2D eigenvalue weighted by atomic mass is 19.4. The third-order valence-electron chi connectivity index (χ3n) is 6.46. The van der Waals surface area contributed by atoms with Crippen LogP contribution in [0.2, 0.25) is 0 Å². The predicted octanol–water partition coefficient (Wildman–Crippen LogP) is 4.92. The molecule has 0 aromatic heterocycles. The summed E-state index contributed by atoms with van der Waals surface area (Å²) in [5.41, 5.74) is 2.16. The van der Waals surface area contributed by atoms with Gasteiger partial charge in [0, 0.05) is 42.4 Å². The molecule has 1 aliphatic carbocycles. The first-order chi connectivity index (χ1) is 16.6. The maximum Gasteiger partial charge on any atom is 0.490 e. The minimum Gasteiger partial charge on any atom is -0.507 e. The van der Waals surface area contributed by atoms with Crippen LogP contribution in [0.3, 0.4) is 0 Å². The number of nitrogens with one attached hydrogen (secondary N) is 1. The highest BCUT2D eigenvalue weighted by molar-refractivity contribution is 6.05. The van der Waals surface area contributed by atoms with Gasteiger partial charge in [-0.3, -0.25) is 19.9 Å². The molecule has 2 aliphatic rings. The number of carboxylic acid groups (broad SMARTS) is 1. The maximum atomic E-state index is 12.4. The van der Waals surface area contributed by atoms with Crippen LogP contribution in [0.4, 0.5) is 23.7 Å². The van der Waals surface area contributed by atoms with E-state index in [0.717, 1.165) is 23.4 Å². The Hall–Kier alpha value is -2.82. The Labute approximate surface area is 209 Å². The number of carboxylic acids is 1. The van der Waals surface area contributed by atoms with Gasteiger partial charge >= 0.3 is 18.2 Å². The fourth-order valence-electron chi connectivity index (χ4n) is 4.50. The smallest absolute Gasteiger partial charge is 0.490 e. The van der Waals surface area contributed by atoms with E-state index < -0.39 is 18.2 Å². The summed E-state index contributed by atoms with van der Waals surface area (Å²) in [6, 6.07) is 3.97. The predicted molar refractivity (Wildman–Crippen MR) is 129 cm³/mol. The number of aromatic hydroxyl groups is 1. The number of imide groups is 1. The molecule has 0 spiro atoms. The fraction of sp³-hybridized carbons (Fsp3) is 0.640. The zero-order chi connectivity index (χ0) is 27.3. The Morgan fingerprint density at radius 2 is 1.72 bits per heavy atom. The molecule has 1 heterocycles. The van der Waals surface area contributed by atoms with Crippen molar-refractivity contribution >= 4 is 23.6 Å². The minimum absolute atomic E-state index is 0.240. The van der Waals surface area contributed by atoms with Crippen LogP contribution in [0.25, 0.3) is 0 Å². The number of carbonyl (C=O) groups excluding carboxylic acids is 2. The van der Waals surface area contributed by atoms with Gasteiger partial charge in [0.15, 0.2) is 0 Å². The standard InChI is InChI=1S/C23H35N3O3.C2HF3O2/c1-5-25(17-9-7-6-8-10-17)15-16-13-18(14-19(21(16)28)23(2,3)4)26-12-11-20(27)24-22(26)29;3-2(4,5)1(6)7/h13-14,17,28H,5-12,15H2,1-4H3,(H,24,27,29);(H,6,7). The van der Waals surface area contributed by atoms with E-state index in [1.807, 2.05) is 12.1 Å². The van der Waals surface area contributed by atoms with E-state index in [2.05, 4.69) is 37.9 Å². The van der Waals surface area contributed by atoms with Crippen LogP contribution in [-0.4, -0.2) is 58.3 Å². The number of hydrogen-bond donors (Lipinski definition) is 3. The van der Waals surface area contributed by atoms with Crippen molar-refractivity contribution in [1.82, 2.24) is 10.2 Å². The van der Waals surface area contributed by atoms with Crippen molar-refractivity contribution < 1.29 is 37.8 Å². The second-order valence-electron chi connectivity index (χ2n) is 10.2. The number of phenols is 1. The van der Waals surface area contributed by atoms with Crippen molar-refractivity contribution in [3.8, 4) is 5.75 Å². The summed E-state index contributed by atoms with van der Waals surface area (Å²) < 4.78 is 31.7. The second-order valence-corrected chi connectivity index (χ2v) is 10.2. The van der Waals surface area contributed by atoms with Crippen molar-refractivity contribution in [3.63, 3.8) is 0 Å². The van der Waals surface area contributed by atoms with Gasteiger partial charge in [0.05, 0.1) is 0 Å². The number of urea groups is 1. The zero-order valence-corrected chi connectivity index (χ0v) is 21.2. The molecule has 36 heavy (non-hydrogen) atoms. The summed E-state index contributed by atoms with van der Waals surface area (Å²) >= 11 is 0. The summed E-state index contributed by atoms with van der Waals surface area (Å²) in [5, 5.41) is 20.6. The number of alkyl halides is 3. The summed E-state index contributed by atoms with van der Waals surface area (Å²) in [6.07, 6.45) is 1.46. The number of rotatable bonds is 5. The molecule has 1 saturated carbocycles. The lowest BCUT2D eigenvalue weighted by molar-refractivity contribution is -0.192. The lowest BCUT2D eigenvalue weighted by Gasteiger charge is -2.35. The molecule has 0 unspecified atom stereocenters. The van der Waals surface area contributed by atoms with Gasteiger partial charge in [0.25, 0.3) is 0 Å². The molecule has 0 atom stereocenters. The number of aliphatic carboxylic acids is 1. The van der Waals surface area contributed by atoms with Gasteiger partial charge in [0.2, 0.25) is 5.91 Å². The van der Waals surface area contributed by atoms with E-state index in [4.69, 9.17) is 9.90 Å². The number of benzene rings is 1. The Morgan fingerprint density at radius 1 is 1.14 bits per heavy atom. The Balaban J connectivity index is 0.000000572. The zero-order valence-electron chi connectivity index (χ0n) is 21.2. The largest absolute Gasteiger partial charge is 0.507 e. The van der Waals surface area contributed by atoms with Crippen LogP contribution in [0, 0.1) is 0 Å². The first-order valence-electron chi connectivity index (χ1n) is 12.2. The number of anilines is 1. The molecular formula is C25H36F3N3O5. The molecule has 0 bridgehead atoms. The summed E-state index contributed by atoms with van der Waals surface area (Å²) in [7, 11) is 0. The van der Waals surface area contributed by atoms with Gasteiger partial charge in [-0.25, -0.2) is 9.59 Å². The van der Waals surface area contributed by atoms with Crippen LogP contribution >= 0.6 is 0 Å². The first-order valence-corrected chi connectivity index (χ1v) is 12.2. The molecule has 3 amide bonds. The Kier molecular flexibility index (Phi) is 9.76. The Morgan fingerprint density at radius 3 is 2.19 bits per heavy atom. The average Bonchev–Trinajstić information content (AvgIpc) is 2.78. The molecule has 3 rings (SSSR count). The summed E-state index contributed by atoms with van der Waals surface area (Å²) in [4.78, 5) is 36.9. The molecule has 11 heteroatoms. The SMILES string of the molecule is CCN(Cc1cc(N2CCC(=O)NC2=O)cc(C(C)(C)C)c1O)C1CCCCC1.O=C(O)C(F)(F)F. The van der Waals surface area contributed by atoms with Gasteiger partial charge in [-0.2, -0.15) is 13.2 Å². The number of amides is 3. The quantitative estimate of drug-likeness (QED) is 0.513. The van der Waals surface area contributed by atoms with Crippen molar-refractivity contribution in [1.29, 1.82) is 0 Å². The van der Waals surface area contributed by atoms with Crippen LogP contribution in [0.15, 0.2) is 12.1 Å². The van der Waals surface area contributed by atoms with E-state index in [1.54, 1.807) is 4.90 Å². The van der Waals surface area contributed by atoms with Crippen LogP contribution in [0.5, 0.6) is 5.75 Å². The molecular weight excluding hydrogens is 479 g/mol. The third-order valence-corrected chi connectivity index (χ3v) is 6.46. The summed E-state index contributed by atoms with van der Waals surface area (Å²) in [6.45, 7) is 10.3. The molecule has 1 saturated heterocycles. The molecule has 202 valence electrons. The fourth-order valence-corrected chi connectivity index (χ4v) is 4.50. The molecule has 3 N–H and O–H groups in total. The van der Waals surface area contributed by atoms with Crippen molar-refractivity contribution in [2.75, 3.05) is 18.0 Å². The highest BCUT2D eigenvalue weighted by Gasteiger charge is 2.38. The number of halogens is 3. The monoisotopic (exact) mass is 515 g/mol. The number of phenolic OH excluding ortho intramolecular Hbond substituents is 1. The molecule has 1 aromatic carbocycles. The normalized spacial score (nSPS) is 17.5. The average molecular weight is 516 g/mol. The molecule has 1 aliphatic heterocycles. The van der Waals surface area contributed by atoms with E-state index in [0.29, 0.717) is 24.9 Å². The van der Waals surface area contributed by atoms with E-state index in [1.165, 1.54) is 32.1 Å². The van der Waals surface area contributed by atoms with Gasteiger partial charge in [-0.1, -0.05) is 47.0 Å². The van der Waals surface area contributed by atoms with Gasteiger partial charge in [0.1, 0.15) is 5.75 Å². The summed E-state index contributed by atoms with van der Waals surface area (Å²) in [5.74, 6) is -2.67. The van der Waals surface area contributed by atoms with E-state index in [-0.39, 0.29) is 17.7 Å². The van der Waals surface area contributed by atoms with Crippen LogP contribution in [-0.2, 0) is 21.5 Å². The number of carbonyl (C=O) groups is 3. The maximum absolute atomic E-state index is 12.4. The highest BCUT2D eigenvalue weighted by Crippen LogP contribution is 2.38. The Bertz CT molecular complexity index is 953. The molecule has 0 radical (unpaired) electrons. The van der Waals surface area contributed by atoms with Gasteiger partial charge < -0.3 is 10.2 Å². The van der Waals surface area contributed by atoms with Crippen molar-refractivity contribution in [2.45, 2.75) is 90.4 Å². The van der Waals surface area contributed by atoms with Gasteiger partial charge in [-0.15, -0.1) is 0 Å². The van der Waals surface area contributed by atoms with Crippen LogP contribution < -0.4 is 10.2 Å². The van der Waals surface area contributed by atoms with Crippen LogP contribution in [0.1, 0.15) is 77.3 Å². The lowest BCUT2D eigenvalue weighted by Crippen LogP contribution is -2.49. The molecule has 8 nitrogen and oxygen atoms in total. The van der Waals surface area contributed by atoms with E-state index >= 15 is 0 Å². The number of hydrogen-bond acceptors (Lipinski definition) is 5. The first kappa shape index (κ1) is 29.4.